The van der Waals surface area contributed by atoms with Crippen molar-refractivity contribution in [3.05, 3.63) is 40.9 Å². The van der Waals surface area contributed by atoms with Crippen LogP contribution in [-0.4, -0.2) is 22.6 Å². The Morgan fingerprint density at radius 2 is 2.25 bits per heavy atom. The van der Waals surface area contributed by atoms with Gasteiger partial charge in [0.1, 0.15) is 6.04 Å². The molecule has 1 atom stereocenters. The molecule has 0 radical (unpaired) electrons. The number of benzene rings is 1. The zero-order valence-electron chi connectivity index (χ0n) is 10.8. The average Bonchev–Trinajstić information content (AvgIpc) is 2.95. The predicted octanol–water partition coefficient (Wildman–Crippen LogP) is 2.31. The van der Waals surface area contributed by atoms with Crippen molar-refractivity contribution in [2.24, 2.45) is 5.73 Å². The minimum absolute atomic E-state index is 0.417. The van der Waals surface area contributed by atoms with E-state index >= 15 is 0 Å². The molecule has 104 valence electrons. The Labute approximate surface area is 120 Å². The normalized spacial score (nSPS) is 15.8. The number of fused-ring (bicyclic) bond motifs is 1. The smallest absolute Gasteiger partial charge is 0.326 e. The fraction of sp³-hybridized carbons (Fsp3) is 0.286. The van der Waals surface area contributed by atoms with Gasteiger partial charge >= 0.3 is 5.97 Å². The van der Waals surface area contributed by atoms with Gasteiger partial charge in [0, 0.05) is 17.6 Å². The number of rotatable bonds is 3. The molecule has 0 bridgehead atoms. The van der Waals surface area contributed by atoms with Crippen LogP contribution >= 0.6 is 11.3 Å². The Balaban J connectivity index is 1.93. The fourth-order valence-corrected chi connectivity index (χ4v) is 3.30. The molecule has 5 nitrogen and oxygen atoms in total. The maximum Gasteiger partial charge on any atom is 0.326 e. The Morgan fingerprint density at radius 3 is 3.05 bits per heavy atom. The molecule has 6 heteroatoms. The van der Waals surface area contributed by atoms with Crippen molar-refractivity contribution in [1.82, 2.24) is 4.98 Å². The second-order valence-electron chi connectivity index (χ2n) is 4.75. The zero-order chi connectivity index (χ0) is 14.1. The van der Waals surface area contributed by atoms with Gasteiger partial charge in [0.2, 0.25) is 0 Å². The largest absolute Gasteiger partial charge is 0.480 e. The number of carboxylic acid groups (broad SMARTS) is 1. The van der Waals surface area contributed by atoms with Gasteiger partial charge in [-0.1, -0.05) is 18.2 Å². The second-order valence-corrected chi connectivity index (χ2v) is 5.59. The van der Waals surface area contributed by atoms with Crippen LogP contribution in [0.5, 0.6) is 0 Å². The van der Waals surface area contributed by atoms with Gasteiger partial charge in [-0.15, -0.1) is 11.3 Å². The average molecular weight is 289 g/mol. The van der Waals surface area contributed by atoms with Crippen LogP contribution in [0.25, 0.3) is 0 Å². The summed E-state index contributed by atoms with van der Waals surface area (Å²) in [5.41, 5.74) is 8.48. The third-order valence-electron chi connectivity index (χ3n) is 3.44. The van der Waals surface area contributed by atoms with Crippen molar-refractivity contribution >= 4 is 28.1 Å². The van der Waals surface area contributed by atoms with Gasteiger partial charge in [-0.2, -0.15) is 0 Å². The second kappa shape index (κ2) is 5.22. The Hall–Kier alpha value is -1.92. The molecule has 0 saturated heterocycles. The highest BCUT2D eigenvalue weighted by atomic mass is 32.1. The van der Waals surface area contributed by atoms with Crippen LogP contribution in [0, 0.1) is 0 Å². The van der Waals surface area contributed by atoms with Crippen molar-refractivity contribution in [2.45, 2.75) is 18.9 Å². The first-order valence-electron chi connectivity index (χ1n) is 6.46. The number of para-hydroxylation sites is 1. The number of carbonyl (C=O) groups is 1. The Morgan fingerprint density at radius 1 is 1.45 bits per heavy atom. The molecule has 1 aliphatic rings. The maximum atomic E-state index is 10.9. The Kier molecular flexibility index (Phi) is 3.42. The van der Waals surface area contributed by atoms with Crippen LogP contribution in [0.15, 0.2) is 29.6 Å². The number of aryl methyl sites for hydroxylation is 1. The van der Waals surface area contributed by atoms with Gasteiger partial charge < -0.3 is 15.7 Å². The van der Waals surface area contributed by atoms with E-state index in [1.165, 1.54) is 16.9 Å². The first-order chi connectivity index (χ1) is 9.66. The predicted molar refractivity (Wildman–Crippen MR) is 78.4 cm³/mol. The minimum atomic E-state index is -1.06. The molecule has 0 spiro atoms. The summed E-state index contributed by atoms with van der Waals surface area (Å²) in [6.07, 6.45) is 2.14. The van der Waals surface area contributed by atoms with E-state index in [1.807, 2.05) is 12.1 Å². The van der Waals surface area contributed by atoms with Crippen molar-refractivity contribution < 1.29 is 9.90 Å². The highest BCUT2D eigenvalue weighted by Gasteiger charge is 2.23. The molecule has 1 aromatic carbocycles. The maximum absolute atomic E-state index is 10.9. The number of hydrogen-bond donors (Lipinski definition) is 2. The van der Waals surface area contributed by atoms with Gasteiger partial charge in [-0.05, 0) is 24.5 Å². The fourth-order valence-electron chi connectivity index (χ4n) is 2.40. The van der Waals surface area contributed by atoms with E-state index in [0.717, 1.165) is 30.2 Å². The summed E-state index contributed by atoms with van der Waals surface area (Å²) in [5.74, 6) is -1.05. The molecule has 3 N–H and O–H groups in total. The first-order valence-corrected chi connectivity index (χ1v) is 7.34. The number of anilines is 2. The lowest BCUT2D eigenvalue weighted by atomic mass is 10.0. The summed E-state index contributed by atoms with van der Waals surface area (Å²) in [4.78, 5) is 17.4. The van der Waals surface area contributed by atoms with Crippen molar-refractivity contribution in [3.8, 4) is 0 Å². The summed E-state index contributed by atoms with van der Waals surface area (Å²) >= 11 is 1.44. The lowest BCUT2D eigenvalue weighted by molar-refractivity contribution is -0.138. The van der Waals surface area contributed by atoms with E-state index in [9.17, 15) is 4.79 Å². The topological polar surface area (TPSA) is 79.5 Å². The van der Waals surface area contributed by atoms with Crippen LogP contribution in [0.3, 0.4) is 0 Å². The molecule has 0 saturated carbocycles. The van der Waals surface area contributed by atoms with E-state index < -0.39 is 12.0 Å². The van der Waals surface area contributed by atoms with Crippen LogP contribution < -0.4 is 10.6 Å². The van der Waals surface area contributed by atoms with Gasteiger partial charge in [0.25, 0.3) is 0 Å². The standard InChI is InChI=1S/C14H15N3O2S/c15-12(13(18)19)10-8-20-14(16-10)17-7-3-5-9-4-1-2-6-11(9)17/h1-2,4,6,8,12H,3,5,7,15H2,(H,18,19). The third kappa shape index (κ3) is 2.28. The van der Waals surface area contributed by atoms with Crippen molar-refractivity contribution in [3.63, 3.8) is 0 Å². The number of nitrogens with two attached hydrogens (primary N) is 1. The summed E-state index contributed by atoms with van der Waals surface area (Å²) in [6.45, 7) is 0.895. The lowest BCUT2D eigenvalue weighted by Gasteiger charge is -2.28. The summed E-state index contributed by atoms with van der Waals surface area (Å²) in [7, 11) is 0. The molecule has 1 aliphatic heterocycles. The van der Waals surface area contributed by atoms with Crippen LogP contribution in [0.1, 0.15) is 23.7 Å². The number of aliphatic carboxylic acids is 1. The highest BCUT2D eigenvalue weighted by molar-refractivity contribution is 7.13. The number of aromatic nitrogens is 1. The van der Waals surface area contributed by atoms with Crippen molar-refractivity contribution in [1.29, 1.82) is 0 Å². The highest BCUT2D eigenvalue weighted by Crippen LogP contribution is 2.35. The molecule has 2 heterocycles. The molecule has 0 amide bonds. The van der Waals surface area contributed by atoms with Gasteiger partial charge in [0.15, 0.2) is 5.13 Å². The minimum Gasteiger partial charge on any atom is -0.480 e. The van der Waals surface area contributed by atoms with Crippen LogP contribution in [-0.2, 0) is 11.2 Å². The summed E-state index contributed by atoms with van der Waals surface area (Å²) in [5, 5.41) is 11.5. The van der Waals surface area contributed by atoms with E-state index in [4.69, 9.17) is 10.8 Å². The van der Waals surface area contributed by atoms with Gasteiger partial charge in [0.05, 0.1) is 5.69 Å². The molecule has 2 aromatic rings. The van der Waals surface area contributed by atoms with E-state index in [1.54, 1.807) is 5.38 Å². The number of carboxylic acids is 1. The van der Waals surface area contributed by atoms with Gasteiger partial charge in [-0.25, -0.2) is 4.98 Å². The Bertz CT molecular complexity index is 641. The molecular formula is C14H15N3O2S. The SMILES string of the molecule is NC(C(=O)O)c1csc(N2CCCc3ccccc32)n1. The quantitative estimate of drug-likeness (QED) is 0.906. The molecule has 3 rings (SSSR count). The molecule has 20 heavy (non-hydrogen) atoms. The van der Waals surface area contributed by atoms with Crippen LogP contribution in [0.4, 0.5) is 10.8 Å². The van der Waals surface area contributed by atoms with E-state index in [-0.39, 0.29) is 0 Å². The van der Waals surface area contributed by atoms with Crippen molar-refractivity contribution in [2.75, 3.05) is 11.4 Å². The first kappa shape index (κ1) is 13.1. The van der Waals surface area contributed by atoms with E-state index in [0.29, 0.717) is 5.69 Å². The third-order valence-corrected chi connectivity index (χ3v) is 4.32. The van der Waals surface area contributed by atoms with Crippen LogP contribution in [0.2, 0.25) is 0 Å². The molecule has 0 aliphatic carbocycles. The summed E-state index contributed by atoms with van der Waals surface area (Å²) < 4.78 is 0. The molecule has 1 unspecified atom stereocenters. The number of hydrogen-bond acceptors (Lipinski definition) is 5. The number of thiazole rings is 1. The van der Waals surface area contributed by atoms with E-state index in [2.05, 4.69) is 22.0 Å². The lowest BCUT2D eigenvalue weighted by Crippen LogP contribution is -2.25. The molecule has 1 aromatic heterocycles. The zero-order valence-corrected chi connectivity index (χ0v) is 11.6. The molecule has 0 fully saturated rings. The van der Waals surface area contributed by atoms with Gasteiger partial charge in [-0.3, -0.25) is 4.79 Å². The number of nitrogens with zero attached hydrogens (tertiary/aromatic N) is 2. The monoisotopic (exact) mass is 289 g/mol. The molecular weight excluding hydrogens is 274 g/mol. The summed E-state index contributed by atoms with van der Waals surface area (Å²) in [6, 6.07) is 7.19.